The second-order valence-electron chi connectivity index (χ2n) is 9.06. The van der Waals surface area contributed by atoms with Crippen LogP contribution in [0.1, 0.15) is 49.4 Å². The first kappa shape index (κ1) is 23.0. The lowest BCUT2D eigenvalue weighted by Gasteiger charge is -2.35. The molecule has 2 aliphatic rings. The molecule has 7 nitrogen and oxygen atoms in total. The van der Waals surface area contributed by atoms with Crippen molar-refractivity contribution in [3.8, 4) is 5.75 Å². The number of nitrogens with zero attached hydrogens (tertiary/aromatic N) is 2. The van der Waals surface area contributed by atoms with E-state index in [-0.39, 0.29) is 11.9 Å². The molecule has 2 fully saturated rings. The summed E-state index contributed by atoms with van der Waals surface area (Å²) < 4.78 is 5.15. The summed E-state index contributed by atoms with van der Waals surface area (Å²) in [5.74, 6) is 1.50. The van der Waals surface area contributed by atoms with Gasteiger partial charge in [0.15, 0.2) is 0 Å². The molecule has 0 saturated carbocycles. The lowest BCUT2D eigenvalue weighted by atomic mass is 9.97. The average Bonchev–Trinajstić information content (AvgIpc) is 2.85. The Morgan fingerprint density at radius 3 is 2.18 bits per heavy atom. The topological polar surface area (TPSA) is 73.9 Å². The molecule has 0 aromatic heterocycles. The predicted octanol–water partition coefficient (Wildman–Crippen LogP) is 5.20. The van der Waals surface area contributed by atoms with E-state index < -0.39 is 0 Å². The maximum absolute atomic E-state index is 13.5. The van der Waals surface area contributed by atoms with Gasteiger partial charge in [0, 0.05) is 43.2 Å². The second-order valence-corrected chi connectivity index (χ2v) is 9.06. The van der Waals surface area contributed by atoms with Gasteiger partial charge in [0.05, 0.1) is 12.7 Å². The van der Waals surface area contributed by atoms with Crippen LogP contribution < -0.4 is 20.3 Å². The van der Waals surface area contributed by atoms with E-state index in [0.29, 0.717) is 22.9 Å². The van der Waals surface area contributed by atoms with Gasteiger partial charge >= 0.3 is 6.03 Å². The highest BCUT2D eigenvalue weighted by molar-refractivity contribution is 6.04. The second kappa shape index (κ2) is 10.6. The number of rotatable bonds is 5. The molecule has 0 bridgehead atoms. The Kier molecular flexibility index (Phi) is 7.37. The van der Waals surface area contributed by atoms with Gasteiger partial charge in [-0.15, -0.1) is 0 Å². The summed E-state index contributed by atoms with van der Waals surface area (Å²) in [5, 5.41) is 5.71. The van der Waals surface area contributed by atoms with E-state index in [1.165, 1.54) is 6.42 Å². The number of carbonyl (C=O) groups is 2. The Bertz CT molecular complexity index is 962. The third kappa shape index (κ3) is 5.78. The minimum absolute atomic E-state index is 0.0579. The molecule has 33 heavy (non-hydrogen) atoms. The highest BCUT2D eigenvalue weighted by Crippen LogP contribution is 2.30. The number of methoxy groups -OCH3 is 1. The molecule has 0 radical (unpaired) electrons. The van der Waals surface area contributed by atoms with Gasteiger partial charge in [-0.3, -0.25) is 4.79 Å². The molecule has 4 rings (SSSR count). The van der Waals surface area contributed by atoms with Crippen molar-refractivity contribution in [3.05, 3.63) is 48.0 Å². The summed E-state index contributed by atoms with van der Waals surface area (Å²) >= 11 is 0. The summed E-state index contributed by atoms with van der Waals surface area (Å²) in [7, 11) is 1.60. The normalized spacial score (nSPS) is 16.9. The van der Waals surface area contributed by atoms with Crippen LogP contribution in [0.4, 0.5) is 21.9 Å². The van der Waals surface area contributed by atoms with E-state index >= 15 is 0 Å². The zero-order valence-electron chi connectivity index (χ0n) is 19.6. The molecule has 3 amide bonds. The van der Waals surface area contributed by atoms with Gasteiger partial charge in [-0.2, -0.15) is 0 Å². The summed E-state index contributed by atoms with van der Waals surface area (Å²) in [6, 6.07) is 12.5. The fraction of sp³-hybridized carbons (Fsp3) is 0.462. The van der Waals surface area contributed by atoms with Crippen molar-refractivity contribution in [1.82, 2.24) is 4.90 Å². The van der Waals surface area contributed by atoms with Crippen LogP contribution in [0.2, 0.25) is 0 Å². The maximum Gasteiger partial charge on any atom is 0.323 e. The molecule has 2 aromatic rings. The van der Waals surface area contributed by atoms with Crippen LogP contribution in [0.3, 0.4) is 0 Å². The average molecular weight is 451 g/mol. The summed E-state index contributed by atoms with van der Waals surface area (Å²) in [4.78, 5) is 30.3. The van der Waals surface area contributed by atoms with Gasteiger partial charge in [0.1, 0.15) is 5.75 Å². The van der Waals surface area contributed by atoms with Crippen molar-refractivity contribution >= 4 is 29.0 Å². The van der Waals surface area contributed by atoms with Crippen molar-refractivity contribution in [2.45, 2.75) is 39.0 Å². The van der Waals surface area contributed by atoms with Crippen LogP contribution in [-0.4, -0.2) is 50.1 Å². The van der Waals surface area contributed by atoms with Gasteiger partial charge in [0.2, 0.25) is 0 Å². The number of ether oxygens (including phenoxy) is 1. The molecule has 0 unspecified atom stereocenters. The summed E-state index contributed by atoms with van der Waals surface area (Å²) in [6.45, 7) is 5.78. The van der Waals surface area contributed by atoms with Crippen molar-refractivity contribution in [1.29, 1.82) is 0 Å². The third-order valence-corrected chi connectivity index (χ3v) is 6.60. The lowest BCUT2D eigenvalue weighted by Crippen LogP contribution is -2.38. The van der Waals surface area contributed by atoms with Gasteiger partial charge in [-0.25, -0.2) is 4.79 Å². The van der Waals surface area contributed by atoms with E-state index in [4.69, 9.17) is 4.74 Å². The first-order chi connectivity index (χ1) is 16.0. The Hall–Kier alpha value is -3.22. The third-order valence-electron chi connectivity index (χ3n) is 6.60. The molecule has 2 heterocycles. The first-order valence-electron chi connectivity index (χ1n) is 11.9. The molecule has 2 saturated heterocycles. The van der Waals surface area contributed by atoms with Crippen LogP contribution in [0, 0.1) is 5.92 Å². The number of hydrogen-bond acceptors (Lipinski definition) is 4. The van der Waals surface area contributed by atoms with Crippen molar-refractivity contribution < 1.29 is 14.3 Å². The quantitative estimate of drug-likeness (QED) is 0.657. The van der Waals surface area contributed by atoms with Gasteiger partial charge in [-0.05, 0) is 80.5 Å². The molecular weight excluding hydrogens is 416 g/mol. The van der Waals surface area contributed by atoms with Gasteiger partial charge < -0.3 is 25.2 Å². The van der Waals surface area contributed by atoms with E-state index in [0.717, 1.165) is 63.3 Å². The maximum atomic E-state index is 13.5. The molecular formula is C26H34N4O3. The Morgan fingerprint density at radius 2 is 1.52 bits per heavy atom. The zero-order valence-corrected chi connectivity index (χ0v) is 19.6. The minimum atomic E-state index is -0.351. The Balaban J connectivity index is 1.52. The van der Waals surface area contributed by atoms with Crippen LogP contribution in [0.25, 0.3) is 0 Å². The number of amides is 3. The fourth-order valence-electron chi connectivity index (χ4n) is 4.55. The zero-order chi connectivity index (χ0) is 23.2. The van der Waals surface area contributed by atoms with E-state index in [1.54, 1.807) is 31.4 Å². The Labute approximate surface area is 196 Å². The summed E-state index contributed by atoms with van der Waals surface area (Å²) in [5.41, 5.74) is 2.92. The van der Waals surface area contributed by atoms with Crippen molar-refractivity contribution in [2.75, 3.05) is 48.8 Å². The molecule has 2 N–H and O–H groups in total. The molecule has 0 atom stereocenters. The molecule has 2 aromatic carbocycles. The number of nitrogens with one attached hydrogen (secondary N) is 2. The van der Waals surface area contributed by atoms with Crippen LogP contribution in [0.5, 0.6) is 5.75 Å². The van der Waals surface area contributed by atoms with E-state index in [2.05, 4.69) is 22.5 Å². The summed E-state index contributed by atoms with van der Waals surface area (Å²) in [6.07, 6.45) is 5.52. The van der Waals surface area contributed by atoms with Crippen molar-refractivity contribution in [3.63, 3.8) is 0 Å². The monoisotopic (exact) mass is 450 g/mol. The molecule has 176 valence electrons. The molecule has 2 aliphatic heterocycles. The van der Waals surface area contributed by atoms with Crippen molar-refractivity contribution in [2.24, 2.45) is 5.92 Å². The highest BCUT2D eigenvalue weighted by Gasteiger charge is 2.25. The van der Waals surface area contributed by atoms with E-state index in [1.807, 2.05) is 23.1 Å². The van der Waals surface area contributed by atoms with Crippen LogP contribution in [-0.2, 0) is 0 Å². The number of anilines is 3. The number of likely N-dealkylation sites (tertiary alicyclic amines) is 1. The molecule has 0 spiro atoms. The largest absolute Gasteiger partial charge is 0.497 e. The Morgan fingerprint density at radius 1 is 0.879 bits per heavy atom. The van der Waals surface area contributed by atoms with Gasteiger partial charge in [-0.1, -0.05) is 6.92 Å². The van der Waals surface area contributed by atoms with Crippen LogP contribution in [0.15, 0.2) is 42.5 Å². The number of urea groups is 1. The standard InChI is InChI=1S/C26H34N4O3/c1-19-12-16-29(17-13-19)24-11-8-21(18-23(24)25(31)30-14-4-3-5-15-30)28-26(32)27-20-6-9-22(33-2)10-7-20/h6-11,18-19H,3-5,12-17H2,1-2H3,(H2,27,28,32). The van der Waals surface area contributed by atoms with Crippen LogP contribution >= 0.6 is 0 Å². The first-order valence-corrected chi connectivity index (χ1v) is 11.9. The number of benzene rings is 2. The van der Waals surface area contributed by atoms with Gasteiger partial charge in [0.25, 0.3) is 5.91 Å². The fourth-order valence-corrected chi connectivity index (χ4v) is 4.55. The predicted molar refractivity (Wildman–Crippen MR) is 132 cm³/mol. The molecule has 0 aliphatic carbocycles. The SMILES string of the molecule is COc1ccc(NC(=O)Nc2ccc(N3CCC(C)CC3)c(C(=O)N3CCCCC3)c2)cc1. The highest BCUT2D eigenvalue weighted by atomic mass is 16.5. The van der Waals surface area contributed by atoms with E-state index in [9.17, 15) is 9.59 Å². The number of carbonyl (C=O) groups excluding carboxylic acids is 2. The smallest absolute Gasteiger partial charge is 0.323 e. The number of hydrogen-bond donors (Lipinski definition) is 2. The number of piperidine rings is 2. The minimum Gasteiger partial charge on any atom is -0.497 e. The lowest BCUT2D eigenvalue weighted by molar-refractivity contribution is 0.0725. The molecule has 7 heteroatoms.